The average Bonchev–Trinajstić information content (AvgIpc) is 2.18. The SMILES string of the molecule is Nc1c(O)c(N)c(O)c(N)c1O.O=S(=O)(O)O. The van der Waals surface area contributed by atoms with E-state index in [1.165, 1.54) is 0 Å². The number of phenolic OH excluding ortho intramolecular Hbond substituents is 3. The van der Waals surface area contributed by atoms with Crippen LogP contribution in [0, 0.1) is 0 Å². The maximum absolute atomic E-state index is 9.07. The normalized spacial score (nSPS) is 10.5. The highest BCUT2D eigenvalue weighted by Crippen LogP contribution is 2.47. The molecule has 17 heavy (non-hydrogen) atoms. The van der Waals surface area contributed by atoms with Crippen LogP contribution in [0.25, 0.3) is 0 Å². The summed E-state index contributed by atoms with van der Waals surface area (Å²) in [5.74, 6) is -1.71. The second-order valence-corrected chi connectivity index (χ2v) is 3.63. The Balaban J connectivity index is 0.000000437. The fourth-order valence-electron chi connectivity index (χ4n) is 0.772. The monoisotopic (exact) mass is 269 g/mol. The lowest BCUT2D eigenvalue weighted by atomic mass is 10.2. The summed E-state index contributed by atoms with van der Waals surface area (Å²) in [4.78, 5) is 0. The number of nitrogen functional groups attached to an aromatic ring is 3. The molecular weight excluding hydrogens is 258 g/mol. The third kappa shape index (κ3) is 4.10. The Morgan fingerprint density at radius 1 is 0.706 bits per heavy atom. The molecule has 11 heteroatoms. The number of aromatic hydroxyl groups is 3. The summed E-state index contributed by atoms with van der Waals surface area (Å²) in [5.41, 5.74) is 14.5. The van der Waals surface area contributed by atoms with Crippen molar-refractivity contribution in [1.29, 1.82) is 0 Å². The van der Waals surface area contributed by atoms with E-state index in [4.69, 9.17) is 50.0 Å². The Kier molecular flexibility index (Phi) is 4.22. The average molecular weight is 269 g/mol. The van der Waals surface area contributed by atoms with E-state index in [2.05, 4.69) is 0 Å². The topological polar surface area (TPSA) is 213 Å². The van der Waals surface area contributed by atoms with Gasteiger partial charge in [0.15, 0.2) is 17.2 Å². The van der Waals surface area contributed by atoms with E-state index < -0.39 is 27.6 Å². The van der Waals surface area contributed by atoms with Gasteiger partial charge in [-0.15, -0.1) is 0 Å². The second-order valence-electron chi connectivity index (χ2n) is 2.73. The van der Waals surface area contributed by atoms with Crippen LogP contribution in [0.3, 0.4) is 0 Å². The zero-order valence-corrected chi connectivity index (χ0v) is 9.01. The first kappa shape index (κ1) is 14.9. The molecule has 98 valence electrons. The molecule has 0 bridgehead atoms. The molecule has 0 saturated heterocycles. The molecule has 0 heterocycles. The van der Waals surface area contributed by atoms with Crippen LogP contribution in [0.5, 0.6) is 17.2 Å². The molecule has 0 fully saturated rings. The first-order valence-corrected chi connectivity index (χ1v) is 5.13. The Bertz CT molecular complexity index is 414. The van der Waals surface area contributed by atoms with Gasteiger partial charge in [-0.05, 0) is 0 Å². The maximum atomic E-state index is 9.07. The third-order valence-electron chi connectivity index (χ3n) is 1.53. The van der Waals surface area contributed by atoms with Gasteiger partial charge >= 0.3 is 10.4 Å². The summed E-state index contributed by atoms with van der Waals surface area (Å²) in [5, 5.41) is 27.2. The highest BCUT2D eigenvalue weighted by molar-refractivity contribution is 7.79. The lowest BCUT2D eigenvalue weighted by Gasteiger charge is -2.09. The molecule has 1 aromatic rings. The van der Waals surface area contributed by atoms with Crippen molar-refractivity contribution in [2.24, 2.45) is 0 Å². The zero-order valence-electron chi connectivity index (χ0n) is 8.19. The van der Waals surface area contributed by atoms with E-state index in [1.807, 2.05) is 0 Å². The van der Waals surface area contributed by atoms with Crippen LogP contribution in [0.2, 0.25) is 0 Å². The fraction of sp³-hybridized carbons (Fsp3) is 0. The van der Waals surface area contributed by atoms with Gasteiger partial charge in [-0.2, -0.15) is 8.42 Å². The van der Waals surface area contributed by atoms with Gasteiger partial charge in [-0.25, -0.2) is 0 Å². The van der Waals surface area contributed by atoms with Crippen molar-refractivity contribution < 1.29 is 32.8 Å². The minimum atomic E-state index is -4.67. The molecule has 0 spiro atoms. The number of anilines is 3. The molecule has 0 aromatic heterocycles. The van der Waals surface area contributed by atoms with Gasteiger partial charge in [0, 0.05) is 0 Å². The van der Waals surface area contributed by atoms with E-state index in [9.17, 15) is 0 Å². The van der Waals surface area contributed by atoms with Crippen LogP contribution < -0.4 is 17.2 Å². The van der Waals surface area contributed by atoms with Crippen molar-refractivity contribution in [3.8, 4) is 17.2 Å². The Morgan fingerprint density at radius 3 is 0.941 bits per heavy atom. The number of benzene rings is 1. The van der Waals surface area contributed by atoms with Crippen molar-refractivity contribution >= 4 is 27.5 Å². The molecule has 10 nitrogen and oxygen atoms in total. The van der Waals surface area contributed by atoms with Gasteiger partial charge in [0.1, 0.15) is 17.1 Å². The van der Waals surface area contributed by atoms with E-state index in [1.54, 1.807) is 0 Å². The summed E-state index contributed by atoms with van der Waals surface area (Å²) in [6.07, 6.45) is 0. The quantitative estimate of drug-likeness (QED) is 0.123. The van der Waals surface area contributed by atoms with Crippen LogP contribution in [0.1, 0.15) is 0 Å². The predicted octanol–water partition coefficient (Wildman–Crippen LogP) is -1.10. The van der Waals surface area contributed by atoms with Crippen molar-refractivity contribution in [1.82, 2.24) is 0 Å². The Morgan fingerprint density at radius 2 is 0.824 bits per heavy atom. The number of hydrogen-bond donors (Lipinski definition) is 8. The summed E-state index contributed by atoms with van der Waals surface area (Å²) >= 11 is 0. The summed E-state index contributed by atoms with van der Waals surface area (Å²) in [6.45, 7) is 0. The second kappa shape index (κ2) is 4.82. The van der Waals surface area contributed by atoms with Gasteiger partial charge in [0.2, 0.25) is 0 Å². The standard InChI is InChI=1S/C6H9N3O3.H2O4S/c7-1-4(10)2(8)6(12)3(9)5(1)11;1-5(2,3)4/h10-12H,7-9H2;(H2,1,2,3,4). The molecule has 0 atom stereocenters. The van der Waals surface area contributed by atoms with Gasteiger partial charge in [0.25, 0.3) is 0 Å². The zero-order chi connectivity index (χ0) is 14.0. The molecular formula is C6H11N3O7S. The minimum absolute atomic E-state index is 0.345. The van der Waals surface area contributed by atoms with Gasteiger partial charge in [-0.1, -0.05) is 0 Å². The smallest absolute Gasteiger partial charge is 0.394 e. The molecule has 0 unspecified atom stereocenters. The van der Waals surface area contributed by atoms with E-state index >= 15 is 0 Å². The molecule has 0 radical (unpaired) electrons. The molecule has 0 aliphatic carbocycles. The summed E-state index contributed by atoms with van der Waals surface area (Å²) in [7, 11) is -4.67. The van der Waals surface area contributed by atoms with Crippen LogP contribution in [0.4, 0.5) is 17.1 Å². The fourth-order valence-corrected chi connectivity index (χ4v) is 0.772. The van der Waals surface area contributed by atoms with E-state index in [0.717, 1.165) is 0 Å². The molecule has 0 amide bonds. The lowest BCUT2D eigenvalue weighted by molar-refractivity contribution is 0.381. The van der Waals surface area contributed by atoms with E-state index in [0.29, 0.717) is 0 Å². The highest BCUT2D eigenvalue weighted by Gasteiger charge is 2.17. The number of hydrogen-bond acceptors (Lipinski definition) is 8. The molecule has 0 aliphatic rings. The van der Waals surface area contributed by atoms with Crippen LogP contribution in [-0.4, -0.2) is 32.8 Å². The number of phenols is 3. The minimum Gasteiger partial charge on any atom is -0.504 e. The molecule has 11 N–H and O–H groups in total. The first-order valence-electron chi connectivity index (χ1n) is 3.74. The molecule has 0 aliphatic heterocycles. The Labute approximate surface area is 95.5 Å². The predicted molar refractivity (Wildman–Crippen MR) is 58.9 cm³/mol. The largest absolute Gasteiger partial charge is 0.504 e. The van der Waals surface area contributed by atoms with Crippen molar-refractivity contribution in [3.63, 3.8) is 0 Å². The third-order valence-corrected chi connectivity index (χ3v) is 1.53. The van der Waals surface area contributed by atoms with Gasteiger partial charge in [-0.3, -0.25) is 9.11 Å². The number of rotatable bonds is 0. The molecule has 0 saturated carbocycles. The summed E-state index contributed by atoms with van der Waals surface area (Å²) < 4.78 is 31.6. The van der Waals surface area contributed by atoms with Crippen LogP contribution in [-0.2, 0) is 10.4 Å². The maximum Gasteiger partial charge on any atom is 0.394 e. The first-order chi connectivity index (χ1) is 7.46. The lowest BCUT2D eigenvalue weighted by Crippen LogP contribution is -1.97. The highest BCUT2D eigenvalue weighted by atomic mass is 32.3. The van der Waals surface area contributed by atoms with Crippen molar-refractivity contribution in [2.75, 3.05) is 17.2 Å². The molecule has 1 aromatic carbocycles. The van der Waals surface area contributed by atoms with Gasteiger partial charge in [0.05, 0.1) is 0 Å². The van der Waals surface area contributed by atoms with Gasteiger partial charge < -0.3 is 32.5 Å². The number of nitrogens with two attached hydrogens (primary N) is 3. The summed E-state index contributed by atoms with van der Waals surface area (Å²) in [6, 6.07) is 0. The van der Waals surface area contributed by atoms with E-state index in [-0.39, 0.29) is 17.1 Å². The van der Waals surface area contributed by atoms with Crippen molar-refractivity contribution in [3.05, 3.63) is 0 Å². The van der Waals surface area contributed by atoms with Crippen LogP contribution in [0.15, 0.2) is 0 Å². The van der Waals surface area contributed by atoms with Crippen LogP contribution >= 0.6 is 0 Å². The molecule has 1 rings (SSSR count). The Hall–Kier alpha value is -2.11. The van der Waals surface area contributed by atoms with Crippen molar-refractivity contribution in [2.45, 2.75) is 0 Å².